The van der Waals surface area contributed by atoms with E-state index >= 15 is 0 Å². The van der Waals surface area contributed by atoms with Gasteiger partial charge >= 0.3 is 5.97 Å². The summed E-state index contributed by atoms with van der Waals surface area (Å²) in [4.78, 5) is 53.8. The maximum Gasteiger partial charge on any atom is 0.338 e. The summed E-state index contributed by atoms with van der Waals surface area (Å²) in [7, 11) is 0. The molecule has 3 aliphatic rings. The number of anilines is 2. The van der Waals surface area contributed by atoms with E-state index in [1.54, 1.807) is 36.4 Å². The van der Waals surface area contributed by atoms with E-state index in [1.807, 2.05) is 48.5 Å². The zero-order chi connectivity index (χ0) is 30.2. The van der Waals surface area contributed by atoms with Crippen LogP contribution < -0.4 is 15.0 Å². The number of hydrogen-bond acceptors (Lipinski definition) is 6. The third-order valence-electron chi connectivity index (χ3n) is 9.03. The van der Waals surface area contributed by atoms with Crippen LogP contribution in [0.2, 0.25) is 0 Å². The number of imide groups is 1. The Labute approximate surface area is 254 Å². The molecule has 44 heavy (non-hydrogen) atoms. The van der Waals surface area contributed by atoms with Gasteiger partial charge in [-0.2, -0.15) is 0 Å². The average Bonchev–Trinajstić information content (AvgIpc) is 3.73. The molecule has 0 aromatic heterocycles. The summed E-state index contributed by atoms with van der Waals surface area (Å²) in [5, 5.41) is 2.69. The molecule has 1 heterocycles. The summed E-state index contributed by atoms with van der Waals surface area (Å²) >= 11 is 0. The molecule has 3 amide bonds. The first-order valence-electron chi connectivity index (χ1n) is 14.8. The van der Waals surface area contributed by atoms with Gasteiger partial charge in [0.15, 0.2) is 6.61 Å². The molecule has 2 bridgehead atoms. The minimum Gasteiger partial charge on any atom is -0.457 e. The van der Waals surface area contributed by atoms with Crippen LogP contribution in [0.15, 0.2) is 109 Å². The molecule has 4 aromatic carbocycles. The summed E-state index contributed by atoms with van der Waals surface area (Å²) in [6, 6.07) is 32.7. The number of nitrogens with zero attached hydrogens (tertiary/aromatic N) is 1. The van der Waals surface area contributed by atoms with E-state index in [0.717, 1.165) is 12.8 Å². The number of rotatable bonds is 8. The zero-order valence-electron chi connectivity index (χ0n) is 23.8. The Morgan fingerprint density at radius 2 is 1.43 bits per heavy atom. The molecular formula is C36H30N2O6. The molecule has 1 saturated heterocycles. The topological polar surface area (TPSA) is 102 Å². The zero-order valence-corrected chi connectivity index (χ0v) is 23.8. The van der Waals surface area contributed by atoms with Gasteiger partial charge in [-0.05, 0) is 90.8 Å². The maximum atomic E-state index is 13.7. The van der Waals surface area contributed by atoms with Crippen LogP contribution in [0.1, 0.15) is 34.7 Å². The first kappa shape index (κ1) is 27.6. The van der Waals surface area contributed by atoms with Crippen molar-refractivity contribution in [1.82, 2.24) is 0 Å². The first-order valence-corrected chi connectivity index (χ1v) is 14.8. The third-order valence-corrected chi connectivity index (χ3v) is 9.03. The second-order valence-corrected chi connectivity index (χ2v) is 11.6. The minimum atomic E-state index is -0.725. The molecule has 8 nitrogen and oxygen atoms in total. The molecule has 7 rings (SSSR count). The number of esters is 1. The standard InChI is InChI=1S/C36H30N2O6/c39-31(37-25-14-16-28(17-15-25)44-27-12-5-2-6-13-27)21-43-36(42)23-10-7-11-26(18-23)38-34(40)32-24-19-29(22-8-3-1-4-9-22)30(20-24)33(32)35(38)41/h1-18,24,29-30,32-33H,19-21H2,(H,37,39)/t24-,29-,30+,32+,33+/m0/s1. The van der Waals surface area contributed by atoms with Crippen LogP contribution in [-0.4, -0.2) is 30.3 Å². The van der Waals surface area contributed by atoms with Crippen molar-refractivity contribution in [3.05, 3.63) is 120 Å². The number of carbonyl (C=O) groups excluding carboxylic acids is 4. The lowest BCUT2D eigenvalue weighted by Gasteiger charge is -2.28. The number of benzene rings is 4. The van der Waals surface area contributed by atoms with Gasteiger partial charge in [0.1, 0.15) is 11.5 Å². The molecule has 2 aliphatic carbocycles. The molecule has 8 heteroatoms. The SMILES string of the molecule is O=C(COC(=O)c1cccc(N2C(=O)[C@@H]3[C@@H]4C[C@@H]([C@H]3C2=O)[C@H](c2ccccc2)C4)c1)Nc1ccc(Oc2ccccc2)cc1. The van der Waals surface area contributed by atoms with Gasteiger partial charge < -0.3 is 14.8 Å². The average molecular weight is 587 g/mol. The molecule has 3 fully saturated rings. The van der Waals surface area contributed by atoms with Crippen molar-refractivity contribution in [2.45, 2.75) is 18.8 Å². The van der Waals surface area contributed by atoms with Crippen LogP contribution in [-0.2, 0) is 19.1 Å². The van der Waals surface area contributed by atoms with Gasteiger partial charge in [-0.1, -0.05) is 54.6 Å². The fourth-order valence-electron chi connectivity index (χ4n) is 7.21. The Hall–Kier alpha value is -5.24. The monoisotopic (exact) mass is 586 g/mol. The summed E-state index contributed by atoms with van der Waals surface area (Å²) in [6.45, 7) is -0.499. The van der Waals surface area contributed by atoms with Gasteiger partial charge in [0.25, 0.3) is 5.91 Å². The van der Waals surface area contributed by atoms with Crippen molar-refractivity contribution < 1.29 is 28.7 Å². The third kappa shape index (κ3) is 5.13. The van der Waals surface area contributed by atoms with Crippen molar-refractivity contribution in [2.24, 2.45) is 23.7 Å². The predicted molar refractivity (Wildman–Crippen MR) is 163 cm³/mol. The van der Waals surface area contributed by atoms with Gasteiger partial charge in [0.2, 0.25) is 11.8 Å². The van der Waals surface area contributed by atoms with Gasteiger partial charge in [-0.25, -0.2) is 4.79 Å². The number of fused-ring (bicyclic) bond motifs is 5. The maximum absolute atomic E-state index is 13.7. The first-order chi connectivity index (χ1) is 21.5. The van der Waals surface area contributed by atoms with Crippen molar-refractivity contribution in [1.29, 1.82) is 0 Å². The van der Waals surface area contributed by atoms with Gasteiger partial charge in [0, 0.05) is 5.69 Å². The number of hydrogen-bond donors (Lipinski definition) is 1. The fraction of sp³-hybridized carbons (Fsp3) is 0.222. The highest BCUT2D eigenvalue weighted by Gasteiger charge is 2.64. The van der Waals surface area contributed by atoms with E-state index in [4.69, 9.17) is 9.47 Å². The molecule has 0 spiro atoms. The van der Waals surface area contributed by atoms with Gasteiger partial charge in [-0.3, -0.25) is 19.3 Å². The summed E-state index contributed by atoms with van der Waals surface area (Å²) in [5.74, 6) is -0.383. The van der Waals surface area contributed by atoms with Crippen LogP contribution in [0.5, 0.6) is 11.5 Å². The molecule has 0 unspecified atom stereocenters. The molecule has 1 N–H and O–H groups in total. The molecule has 1 aliphatic heterocycles. The largest absolute Gasteiger partial charge is 0.457 e. The smallest absolute Gasteiger partial charge is 0.338 e. The van der Waals surface area contributed by atoms with E-state index in [9.17, 15) is 19.2 Å². The van der Waals surface area contributed by atoms with Crippen LogP contribution in [0.25, 0.3) is 0 Å². The van der Waals surface area contributed by atoms with Gasteiger partial charge in [-0.15, -0.1) is 0 Å². The van der Waals surface area contributed by atoms with Crippen molar-refractivity contribution in [3.8, 4) is 11.5 Å². The Kier molecular flexibility index (Phi) is 7.18. The normalized spacial score (nSPS) is 23.4. The summed E-state index contributed by atoms with van der Waals surface area (Å²) in [5.41, 5.74) is 2.25. The van der Waals surface area contributed by atoms with E-state index in [1.165, 1.54) is 22.6 Å². The predicted octanol–water partition coefficient (Wildman–Crippen LogP) is 6.20. The molecule has 220 valence electrons. The highest BCUT2D eigenvalue weighted by Crippen LogP contribution is 2.61. The molecule has 2 saturated carbocycles. The number of carbonyl (C=O) groups is 4. The Balaban J connectivity index is 0.969. The van der Waals surface area contributed by atoms with E-state index in [0.29, 0.717) is 22.9 Å². The molecular weight excluding hydrogens is 556 g/mol. The van der Waals surface area contributed by atoms with E-state index in [2.05, 4.69) is 17.4 Å². The van der Waals surface area contributed by atoms with Crippen LogP contribution in [0.3, 0.4) is 0 Å². The Morgan fingerprint density at radius 3 is 2.18 bits per heavy atom. The lowest BCUT2D eigenvalue weighted by molar-refractivity contribution is -0.123. The fourth-order valence-corrected chi connectivity index (χ4v) is 7.21. The van der Waals surface area contributed by atoms with Crippen molar-refractivity contribution in [2.75, 3.05) is 16.8 Å². The Morgan fingerprint density at radius 1 is 0.750 bits per heavy atom. The lowest BCUT2D eigenvalue weighted by atomic mass is 9.73. The molecule has 4 aromatic rings. The lowest BCUT2D eigenvalue weighted by Crippen LogP contribution is -2.33. The van der Waals surface area contributed by atoms with Crippen LogP contribution in [0, 0.1) is 23.7 Å². The van der Waals surface area contributed by atoms with Crippen molar-refractivity contribution >= 4 is 35.1 Å². The van der Waals surface area contributed by atoms with Crippen molar-refractivity contribution in [3.63, 3.8) is 0 Å². The quantitative estimate of drug-likeness (QED) is 0.195. The minimum absolute atomic E-state index is 0.133. The number of ether oxygens (including phenoxy) is 2. The second kappa shape index (κ2) is 11.4. The van der Waals surface area contributed by atoms with Crippen LogP contribution in [0.4, 0.5) is 11.4 Å². The summed E-state index contributed by atoms with van der Waals surface area (Å²) in [6.07, 6.45) is 1.79. The van der Waals surface area contributed by atoms with Gasteiger partial charge in [0.05, 0.1) is 23.1 Å². The summed E-state index contributed by atoms with van der Waals surface area (Å²) < 4.78 is 11.0. The molecule has 5 atom stereocenters. The van der Waals surface area contributed by atoms with Crippen LogP contribution >= 0.6 is 0 Å². The van der Waals surface area contributed by atoms with E-state index < -0.39 is 18.5 Å². The highest BCUT2D eigenvalue weighted by atomic mass is 16.5. The Bertz CT molecular complexity index is 1720. The number of para-hydroxylation sites is 1. The highest BCUT2D eigenvalue weighted by molar-refractivity contribution is 6.23. The van der Waals surface area contributed by atoms with E-state index in [-0.39, 0.29) is 47.0 Å². The number of amides is 3. The second-order valence-electron chi connectivity index (χ2n) is 11.6. The number of nitrogens with one attached hydrogen (secondary N) is 1. The molecule has 0 radical (unpaired) electrons.